The SMILES string of the molecule is COc1ccc(CC2=CCC2)cc1. The summed E-state index contributed by atoms with van der Waals surface area (Å²) < 4.78 is 5.10. The molecule has 0 saturated carbocycles. The Balaban J connectivity index is 2.04. The zero-order chi connectivity index (χ0) is 9.10. The van der Waals surface area contributed by atoms with E-state index in [4.69, 9.17) is 4.74 Å². The predicted octanol–water partition coefficient (Wildman–Crippen LogP) is 2.96. The molecule has 0 amide bonds. The van der Waals surface area contributed by atoms with Crippen molar-refractivity contribution in [3.63, 3.8) is 0 Å². The van der Waals surface area contributed by atoms with Gasteiger partial charge in [-0.25, -0.2) is 0 Å². The molecule has 13 heavy (non-hydrogen) atoms. The van der Waals surface area contributed by atoms with Crippen LogP contribution in [0.4, 0.5) is 0 Å². The number of ether oxygens (including phenoxy) is 1. The Hall–Kier alpha value is -1.24. The van der Waals surface area contributed by atoms with E-state index in [1.165, 1.54) is 18.4 Å². The van der Waals surface area contributed by atoms with E-state index >= 15 is 0 Å². The Morgan fingerprint density at radius 3 is 2.38 bits per heavy atom. The molecule has 0 aromatic heterocycles. The Kier molecular flexibility index (Phi) is 2.35. The summed E-state index contributed by atoms with van der Waals surface area (Å²) in [5.41, 5.74) is 2.96. The maximum absolute atomic E-state index is 5.10. The minimum atomic E-state index is 0.936. The highest BCUT2D eigenvalue weighted by Crippen LogP contribution is 2.23. The first-order valence-corrected chi connectivity index (χ1v) is 4.69. The summed E-state index contributed by atoms with van der Waals surface area (Å²) >= 11 is 0. The van der Waals surface area contributed by atoms with Crippen molar-refractivity contribution < 1.29 is 4.74 Å². The molecule has 2 rings (SSSR count). The third kappa shape index (κ3) is 1.92. The molecular formula is C12H14O. The summed E-state index contributed by atoms with van der Waals surface area (Å²) in [5.74, 6) is 0.936. The number of methoxy groups -OCH3 is 1. The number of benzene rings is 1. The van der Waals surface area contributed by atoms with Crippen molar-refractivity contribution in [2.75, 3.05) is 7.11 Å². The molecule has 1 nitrogen and oxygen atoms in total. The zero-order valence-corrected chi connectivity index (χ0v) is 7.92. The van der Waals surface area contributed by atoms with Crippen molar-refractivity contribution in [3.8, 4) is 5.75 Å². The van der Waals surface area contributed by atoms with Crippen LogP contribution in [0.25, 0.3) is 0 Å². The molecule has 1 heteroatoms. The second-order valence-electron chi connectivity index (χ2n) is 3.43. The lowest BCUT2D eigenvalue weighted by Gasteiger charge is -2.14. The Labute approximate surface area is 79.0 Å². The molecule has 0 radical (unpaired) electrons. The fourth-order valence-corrected chi connectivity index (χ4v) is 1.51. The summed E-state index contributed by atoms with van der Waals surface area (Å²) in [7, 11) is 1.70. The molecule has 1 aromatic carbocycles. The normalized spacial score (nSPS) is 14.7. The van der Waals surface area contributed by atoms with Crippen LogP contribution in [0.3, 0.4) is 0 Å². The van der Waals surface area contributed by atoms with Gasteiger partial charge in [-0.05, 0) is 37.0 Å². The lowest BCUT2D eigenvalue weighted by molar-refractivity contribution is 0.414. The highest BCUT2D eigenvalue weighted by Gasteiger charge is 2.05. The summed E-state index contributed by atoms with van der Waals surface area (Å²) in [4.78, 5) is 0. The largest absolute Gasteiger partial charge is 0.497 e. The van der Waals surface area contributed by atoms with Crippen LogP contribution in [0.5, 0.6) is 5.75 Å². The van der Waals surface area contributed by atoms with Crippen LogP contribution < -0.4 is 4.74 Å². The van der Waals surface area contributed by atoms with E-state index in [1.54, 1.807) is 12.7 Å². The van der Waals surface area contributed by atoms with Crippen LogP contribution in [0, 0.1) is 0 Å². The molecule has 1 aliphatic carbocycles. The average Bonchev–Trinajstić information content (AvgIpc) is 2.12. The molecular weight excluding hydrogens is 160 g/mol. The fraction of sp³-hybridized carbons (Fsp3) is 0.333. The van der Waals surface area contributed by atoms with Gasteiger partial charge in [0.1, 0.15) is 5.75 Å². The molecule has 0 atom stereocenters. The van der Waals surface area contributed by atoms with Crippen molar-refractivity contribution in [2.24, 2.45) is 0 Å². The van der Waals surface area contributed by atoms with Gasteiger partial charge in [0.15, 0.2) is 0 Å². The van der Waals surface area contributed by atoms with Crippen LogP contribution in [-0.4, -0.2) is 7.11 Å². The summed E-state index contributed by atoms with van der Waals surface area (Å²) in [6.45, 7) is 0. The van der Waals surface area contributed by atoms with Gasteiger partial charge in [-0.3, -0.25) is 0 Å². The highest BCUT2D eigenvalue weighted by molar-refractivity contribution is 5.31. The van der Waals surface area contributed by atoms with E-state index in [9.17, 15) is 0 Å². The predicted molar refractivity (Wildman–Crippen MR) is 54.0 cm³/mol. The minimum absolute atomic E-state index is 0.936. The van der Waals surface area contributed by atoms with Crippen LogP contribution >= 0.6 is 0 Å². The maximum Gasteiger partial charge on any atom is 0.118 e. The molecule has 0 fully saturated rings. The van der Waals surface area contributed by atoms with Gasteiger partial charge in [0.2, 0.25) is 0 Å². The number of rotatable bonds is 3. The quantitative estimate of drug-likeness (QED) is 0.640. The van der Waals surface area contributed by atoms with Crippen molar-refractivity contribution >= 4 is 0 Å². The molecule has 0 aliphatic heterocycles. The van der Waals surface area contributed by atoms with E-state index in [2.05, 4.69) is 18.2 Å². The van der Waals surface area contributed by atoms with Gasteiger partial charge in [0.05, 0.1) is 7.11 Å². The van der Waals surface area contributed by atoms with Crippen LogP contribution in [-0.2, 0) is 6.42 Å². The average molecular weight is 174 g/mol. The molecule has 0 unspecified atom stereocenters. The summed E-state index contributed by atoms with van der Waals surface area (Å²) in [6.07, 6.45) is 5.99. The van der Waals surface area contributed by atoms with E-state index < -0.39 is 0 Å². The molecule has 0 heterocycles. The first kappa shape index (κ1) is 8.36. The van der Waals surface area contributed by atoms with E-state index in [0.29, 0.717) is 0 Å². The van der Waals surface area contributed by atoms with Gasteiger partial charge in [-0.1, -0.05) is 23.8 Å². The summed E-state index contributed by atoms with van der Waals surface area (Å²) in [6, 6.07) is 8.32. The molecule has 0 bridgehead atoms. The highest BCUT2D eigenvalue weighted by atomic mass is 16.5. The fourth-order valence-electron chi connectivity index (χ4n) is 1.51. The zero-order valence-electron chi connectivity index (χ0n) is 7.92. The van der Waals surface area contributed by atoms with Gasteiger partial charge < -0.3 is 4.74 Å². The first-order valence-electron chi connectivity index (χ1n) is 4.69. The molecule has 68 valence electrons. The lowest BCUT2D eigenvalue weighted by Crippen LogP contribution is -1.97. The van der Waals surface area contributed by atoms with Gasteiger partial charge in [-0.15, -0.1) is 0 Å². The Morgan fingerprint density at radius 1 is 1.23 bits per heavy atom. The Bertz CT molecular complexity index is 308. The van der Waals surface area contributed by atoms with E-state index in [-0.39, 0.29) is 0 Å². The third-order valence-corrected chi connectivity index (χ3v) is 2.49. The molecule has 1 aliphatic rings. The molecule has 0 saturated heterocycles. The molecule has 1 aromatic rings. The molecule has 0 N–H and O–H groups in total. The van der Waals surface area contributed by atoms with E-state index in [0.717, 1.165) is 12.2 Å². The second-order valence-corrected chi connectivity index (χ2v) is 3.43. The van der Waals surface area contributed by atoms with Gasteiger partial charge in [0, 0.05) is 0 Å². The lowest BCUT2D eigenvalue weighted by atomic mass is 9.93. The van der Waals surface area contributed by atoms with Gasteiger partial charge in [-0.2, -0.15) is 0 Å². The monoisotopic (exact) mass is 174 g/mol. The van der Waals surface area contributed by atoms with Crippen molar-refractivity contribution in [1.82, 2.24) is 0 Å². The number of allylic oxidation sites excluding steroid dienone is 2. The van der Waals surface area contributed by atoms with Crippen LogP contribution in [0.1, 0.15) is 18.4 Å². The summed E-state index contributed by atoms with van der Waals surface area (Å²) in [5, 5.41) is 0. The standard InChI is InChI=1S/C12H14O/c1-13-12-7-5-11(6-8-12)9-10-3-2-4-10/h3,5-8H,2,4,9H2,1H3. The number of hydrogen-bond acceptors (Lipinski definition) is 1. The van der Waals surface area contributed by atoms with E-state index in [1.807, 2.05) is 12.1 Å². The maximum atomic E-state index is 5.10. The topological polar surface area (TPSA) is 9.23 Å². The van der Waals surface area contributed by atoms with Crippen molar-refractivity contribution in [2.45, 2.75) is 19.3 Å². The van der Waals surface area contributed by atoms with Gasteiger partial charge >= 0.3 is 0 Å². The Morgan fingerprint density at radius 2 is 1.92 bits per heavy atom. The van der Waals surface area contributed by atoms with Crippen molar-refractivity contribution in [1.29, 1.82) is 0 Å². The van der Waals surface area contributed by atoms with Crippen molar-refractivity contribution in [3.05, 3.63) is 41.5 Å². The number of hydrogen-bond donors (Lipinski definition) is 0. The minimum Gasteiger partial charge on any atom is -0.497 e. The third-order valence-electron chi connectivity index (χ3n) is 2.49. The molecule has 0 spiro atoms. The van der Waals surface area contributed by atoms with Crippen LogP contribution in [0.15, 0.2) is 35.9 Å². The second kappa shape index (κ2) is 3.65. The van der Waals surface area contributed by atoms with Gasteiger partial charge in [0.25, 0.3) is 0 Å². The smallest absolute Gasteiger partial charge is 0.118 e. The first-order chi connectivity index (χ1) is 6.38. The van der Waals surface area contributed by atoms with Crippen LogP contribution in [0.2, 0.25) is 0 Å².